The maximum atomic E-state index is 12.4. The summed E-state index contributed by atoms with van der Waals surface area (Å²) >= 11 is 6.31. The molecule has 0 radical (unpaired) electrons. The Balaban J connectivity index is 2.31. The van der Waals surface area contributed by atoms with Crippen LogP contribution in [0.3, 0.4) is 0 Å². The maximum absolute atomic E-state index is 12.4. The van der Waals surface area contributed by atoms with E-state index in [1.165, 1.54) is 4.90 Å². The van der Waals surface area contributed by atoms with Crippen molar-refractivity contribution in [2.45, 2.75) is 26.3 Å². The van der Waals surface area contributed by atoms with E-state index in [-0.39, 0.29) is 5.91 Å². The van der Waals surface area contributed by atoms with Gasteiger partial charge in [0.15, 0.2) is 0 Å². The van der Waals surface area contributed by atoms with Gasteiger partial charge in [-0.2, -0.15) is 0 Å². The van der Waals surface area contributed by atoms with Gasteiger partial charge in [-0.3, -0.25) is 9.69 Å². The smallest absolute Gasteiger partial charge is 0.326 e. The molecule has 1 heterocycles. The summed E-state index contributed by atoms with van der Waals surface area (Å²) in [5.41, 5.74) is 2.00. The van der Waals surface area contributed by atoms with Crippen LogP contribution in [0, 0.1) is 6.92 Å². The number of thioether (sulfide) groups is 1. The first kappa shape index (κ1) is 15.7. The van der Waals surface area contributed by atoms with Crippen LogP contribution in [0.4, 0.5) is 0 Å². The Morgan fingerprint density at radius 1 is 1.52 bits per heavy atom. The zero-order valence-electron chi connectivity index (χ0n) is 11.7. The molecule has 110 valence electrons. The van der Waals surface area contributed by atoms with Crippen molar-refractivity contribution in [3.8, 4) is 0 Å². The molecule has 0 spiro atoms. The standard InChI is InChI=1S/C15H15NO3S2/c1-3-11(14(18)19)16-13(17)12(21-15(16)20)8-10-6-4-5-9(2)7-10/h4-8,11H,3H2,1-2H3,(H,18,19)/b12-8-/t11-/m1/s1. The Morgan fingerprint density at radius 2 is 2.24 bits per heavy atom. The Morgan fingerprint density at radius 3 is 2.81 bits per heavy atom. The molecular formula is C15H15NO3S2. The molecule has 1 saturated heterocycles. The minimum absolute atomic E-state index is 0.299. The van der Waals surface area contributed by atoms with E-state index in [4.69, 9.17) is 12.2 Å². The fourth-order valence-electron chi connectivity index (χ4n) is 2.13. The second-order valence-electron chi connectivity index (χ2n) is 4.73. The number of aliphatic carboxylic acids is 1. The van der Waals surface area contributed by atoms with Crippen LogP contribution < -0.4 is 0 Å². The van der Waals surface area contributed by atoms with Crippen LogP contribution in [0.2, 0.25) is 0 Å². The number of carboxylic acids is 1. The number of aryl methyl sites for hydroxylation is 1. The Hall–Kier alpha value is -1.66. The largest absolute Gasteiger partial charge is 0.480 e. The quantitative estimate of drug-likeness (QED) is 0.682. The van der Waals surface area contributed by atoms with E-state index in [0.29, 0.717) is 15.6 Å². The lowest BCUT2D eigenvalue weighted by Gasteiger charge is -2.21. The molecule has 0 aliphatic carbocycles. The van der Waals surface area contributed by atoms with Gasteiger partial charge in [-0.05, 0) is 25.0 Å². The van der Waals surface area contributed by atoms with Crippen molar-refractivity contribution in [2.24, 2.45) is 0 Å². The summed E-state index contributed by atoms with van der Waals surface area (Å²) in [5, 5.41) is 9.20. The second-order valence-corrected chi connectivity index (χ2v) is 6.40. The number of hydrogen-bond donors (Lipinski definition) is 1. The van der Waals surface area contributed by atoms with Crippen LogP contribution in [0.1, 0.15) is 24.5 Å². The predicted molar refractivity (Wildman–Crippen MR) is 87.9 cm³/mol. The number of carbonyl (C=O) groups excluding carboxylic acids is 1. The van der Waals surface area contributed by atoms with E-state index in [9.17, 15) is 14.7 Å². The predicted octanol–water partition coefficient (Wildman–Crippen LogP) is 3.06. The van der Waals surface area contributed by atoms with Gasteiger partial charge in [-0.15, -0.1) is 0 Å². The molecule has 0 saturated carbocycles. The molecule has 1 aliphatic rings. The highest BCUT2D eigenvalue weighted by Gasteiger charge is 2.39. The molecule has 0 aromatic heterocycles. The highest BCUT2D eigenvalue weighted by molar-refractivity contribution is 8.26. The third-order valence-electron chi connectivity index (χ3n) is 3.15. The summed E-state index contributed by atoms with van der Waals surface area (Å²) in [5.74, 6) is -1.37. The third-order valence-corrected chi connectivity index (χ3v) is 4.48. The van der Waals surface area contributed by atoms with Crippen molar-refractivity contribution >= 4 is 46.3 Å². The third kappa shape index (κ3) is 3.33. The summed E-state index contributed by atoms with van der Waals surface area (Å²) in [7, 11) is 0. The SMILES string of the molecule is CC[C@H](C(=O)O)N1C(=O)/C(=C/c2cccc(C)c2)SC1=S. The van der Waals surface area contributed by atoms with Gasteiger partial charge in [-0.25, -0.2) is 4.79 Å². The Bertz CT molecular complexity index is 640. The van der Waals surface area contributed by atoms with Crippen LogP contribution in [0.25, 0.3) is 6.08 Å². The van der Waals surface area contributed by atoms with Crippen molar-refractivity contribution < 1.29 is 14.7 Å². The van der Waals surface area contributed by atoms with Crippen LogP contribution in [0.5, 0.6) is 0 Å². The van der Waals surface area contributed by atoms with Crippen molar-refractivity contribution in [3.05, 3.63) is 40.3 Å². The average molecular weight is 321 g/mol. The summed E-state index contributed by atoms with van der Waals surface area (Å²) in [4.78, 5) is 25.3. The number of thiocarbonyl (C=S) groups is 1. The first-order chi connectivity index (χ1) is 9.93. The van der Waals surface area contributed by atoms with Gasteiger partial charge in [-0.1, -0.05) is 60.7 Å². The minimum Gasteiger partial charge on any atom is -0.480 e. The van der Waals surface area contributed by atoms with E-state index < -0.39 is 12.0 Å². The molecular weight excluding hydrogens is 306 g/mol. The van der Waals surface area contributed by atoms with E-state index in [0.717, 1.165) is 22.9 Å². The number of carbonyl (C=O) groups is 2. The van der Waals surface area contributed by atoms with E-state index in [1.807, 2.05) is 31.2 Å². The molecule has 0 bridgehead atoms. The van der Waals surface area contributed by atoms with Crippen molar-refractivity contribution in [1.82, 2.24) is 4.90 Å². The van der Waals surface area contributed by atoms with Gasteiger partial charge >= 0.3 is 5.97 Å². The lowest BCUT2D eigenvalue weighted by molar-refractivity contribution is -0.145. The van der Waals surface area contributed by atoms with Gasteiger partial charge < -0.3 is 5.11 Å². The maximum Gasteiger partial charge on any atom is 0.326 e. The number of carboxylic acid groups (broad SMARTS) is 1. The first-order valence-electron chi connectivity index (χ1n) is 6.50. The molecule has 1 aromatic rings. The summed E-state index contributed by atoms with van der Waals surface area (Å²) in [6.45, 7) is 3.70. The summed E-state index contributed by atoms with van der Waals surface area (Å²) in [6.07, 6.45) is 2.07. The lowest BCUT2D eigenvalue weighted by Crippen LogP contribution is -2.43. The van der Waals surface area contributed by atoms with Crippen molar-refractivity contribution in [2.75, 3.05) is 0 Å². The van der Waals surface area contributed by atoms with Crippen LogP contribution in [-0.2, 0) is 9.59 Å². The number of amides is 1. The van der Waals surface area contributed by atoms with E-state index in [1.54, 1.807) is 13.0 Å². The molecule has 2 rings (SSSR count). The highest BCUT2D eigenvalue weighted by Crippen LogP contribution is 2.34. The van der Waals surface area contributed by atoms with Crippen LogP contribution in [-0.4, -0.2) is 32.2 Å². The number of hydrogen-bond acceptors (Lipinski definition) is 4. The molecule has 1 amide bonds. The average Bonchev–Trinajstić information content (AvgIpc) is 2.67. The fraction of sp³-hybridized carbons (Fsp3) is 0.267. The highest BCUT2D eigenvalue weighted by atomic mass is 32.2. The van der Waals surface area contributed by atoms with E-state index in [2.05, 4.69) is 0 Å². The lowest BCUT2D eigenvalue weighted by atomic mass is 10.1. The molecule has 0 unspecified atom stereocenters. The molecule has 1 aromatic carbocycles. The van der Waals surface area contributed by atoms with Gasteiger partial charge in [0.05, 0.1) is 4.91 Å². The topological polar surface area (TPSA) is 57.6 Å². The Labute approximate surface area is 132 Å². The molecule has 21 heavy (non-hydrogen) atoms. The summed E-state index contributed by atoms with van der Waals surface area (Å²) in [6, 6.07) is 6.84. The number of rotatable bonds is 4. The molecule has 1 N–H and O–H groups in total. The second kappa shape index (κ2) is 6.41. The molecule has 1 aliphatic heterocycles. The number of nitrogens with zero attached hydrogens (tertiary/aromatic N) is 1. The monoisotopic (exact) mass is 321 g/mol. The molecule has 1 atom stereocenters. The zero-order chi connectivity index (χ0) is 15.6. The minimum atomic E-state index is -1.04. The first-order valence-corrected chi connectivity index (χ1v) is 7.73. The normalized spacial score (nSPS) is 18.4. The van der Waals surface area contributed by atoms with Crippen molar-refractivity contribution in [3.63, 3.8) is 0 Å². The van der Waals surface area contributed by atoms with Gasteiger partial charge in [0.2, 0.25) is 0 Å². The zero-order valence-corrected chi connectivity index (χ0v) is 13.3. The van der Waals surface area contributed by atoms with Gasteiger partial charge in [0.25, 0.3) is 5.91 Å². The molecule has 6 heteroatoms. The van der Waals surface area contributed by atoms with Gasteiger partial charge in [0.1, 0.15) is 10.4 Å². The van der Waals surface area contributed by atoms with Crippen LogP contribution >= 0.6 is 24.0 Å². The number of benzene rings is 1. The van der Waals surface area contributed by atoms with Gasteiger partial charge in [0, 0.05) is 0 Å². The molecule has 4 nitrogen and oxygen atoms in total. The van der Waals surface area contributed by atoms with E-state index >= 15 is 0 Å². The van der Waals surface area contributed by atoms with Crippen LogP contribution in [0.15, 0.2) is 29.2 Å². The fourth-order valence-corrected chi connectivity index (χ4v) is 3.48. The summed E-state index contributed by atoms with van der Waals surface area (Å²) < 4.78 is 0.299. The Kier molecular flexibility index (Phi) is 4.80. The van der Waals surface area contributed by atoms with Crippen molar-refractivity contribution in [1.29, 1.82) is 0 Å². The molecule has 1 fully saturated rings.